The Balaban J connectivity index is 2.14. The van der Waals surface area contributed by atoms with E-state index >= 15 is 0 Å². The molecule has 1 unspecified atom stereocenters. The summed E-state index contributed by atoms with van der Waals surface area (Å²) in [5.41, 5.74) is 0.866. The number of hydrogen-bond acceptors (Lipinski definition) is 1. The first kappa shape index (κ1) is 16.3. The maximum absolute atomic E-state index is 12.0. The van der Waals surface area contributed by atoms with E-state index in [2.05, 4.69) is 13.2 Å². The first-order chi connectivity index (χ1) is 9.24. The fraction of sp³-hybridized carbons (Fsp3) is 0.588. The Bertz CT molecular complexity index is 348. The van der Waals surface area contributed by atoms with Crippen molar-refractivity contribution in [3.05, 3.63) is 35.9 Å². The van der Waals surface area contributed by atoms with Gasteiger partial charge in [0, 0.05) is 5.56 Å². The van der Waals surface area contributed by atoms with Crippen LogP contribution in [0.25, 0.3) is 0 Å². The van der Waals surface area contributed by atoms with Gasteiger partial charge >= 0.3 is 0 Å². The van der Waals surface area contributed by atoms with Gasteiger partial charge in [-0.3, -0.25) is 4.79 Å². The summed E-state index contributed by atoms with van der Waals surface area (Å²) in [6.07, 6.45) is 10.2. The quantitative estimate of drug-likeness (QED) is 0.351. The predicted molar refractivity (Wildman–Crippen MR) is 87.2 cm³/mol. The lowest BCUT2D eigenvalue weighted by molar-refractivity contribution is 0.102. The molecule has 1 rings (SSSR count). The van der Waals surface area contributed by atoms with Crippen molar-refractivity contribution < 1.29 is 4.79 Å². The molecule has 0 N–H and O–H groups in total. The molecule has 0 saturated carbocycles. The third kappa shape index (κ3) is 7.41. The van der Waals surface area contributed by atoms with Crippen molar-refractivity contribution in [3.8, 4) is 0 Å². The molecule has 19 heavy (non-hydrogen) atoms. The van der Waals surface area contributed by atoms with Crippen LogP contribution in [0.4, 0.5) is 0 Å². The van der Waals surface area contributed by atoms with Gasteiger partial charge < -0.3 is 0 Å². The molecule has 0 bridgehead atoms. The molecular weight excluding hydrogens is 252 g/mol. The lowest BCUT2D eigenvalue weighted by Gasteiger charge is -2.04. The van der Waals surface area contributed by atoms with Gasteiger partial charge in [0.05, 0.1) is 6.26 Å². The van der Waals surface area contributed by atoms with E-state index in [1.54, 1.807) is 0 Å². The molecule has 1 aromatic rings. The van der Waals surface area contributed by atoms with Crippen LogP contribution in [0.3, 0.4) is 0 Å². The summed E-state index contributed by atoms with van der Waals surface area (Å²) in [7, 11) is 0.243. The summed E-state index contributed by atoms with van der Waals surface area (Å²) in [6.45, 7) is 2.25. The smallest absolute Gasteiger partial charge is 0.211 e. The second-order valence-corrected chi connectivity index (χ2v) is 7.45. The van der Waals surface area contributed by atoms with Crippen LogP contribution >= 0.6 is 0 Å². The summed E-state index contributed by atoms with van der Waals surface area (Å²) in [6, 6.07) is 9.68. The van der Waals surface area contributed by atoms with E-state index in [0.29, 0.717) is 5.78 Å². The number of ketones is 1. The summed E-state index contributed by atoms with van der Waals surface area (Å²) >= 11 is 0. The minimum Gasteiger partial charge on any atom is -0.289 e. The number of rotatable bonds is 10. The normalized spacial score (nSPS) is 12.3. The van der Waals surface area contributed by atoms with Crippen molar-refractivity contribution in [1.29, 1.82) is 0 Å². The minimum absolute atomic E-state index is 0.243. The van der Waals surface area contributed by atoms with Crippen molar-refractivity contribution in [2.24, 2.45) is 0 Å². The van der Waals surface area contributed by atoms with Gasteiger partial charge in [0.15, 0.2) is 5.75 Å². The highest BCUT2D eigenvalue weighted by Gasteiger charge is 2.17. The Morgan fingerprint density at radius 1 is 1.00 bits per heavy atom. The standard InChI is InChI=1S/C17H27OS/c1-3-4-5-6-7-11-14-19(2)15-17(18)16-12-9-8-10-13-16/h8-10,12-13H,3-7,11,14-15H2,1-2H3/q+1. The SMILES string of the molecule is CCCCCCCC[S+](C)CC(=O)c1ccccc1. The summed E-state index contributed by atoms with van der Waals surface area (Å²) in [4.78, 5) is 12.0. The predicted octanol–water partition coefficient (Wildman–Crippen LogP) is 4.48. The number of hydrogen-bond donors (Lipinski definition) is 0. The van der Waals surface area contributed by atoms with Crippen molar-refractivity contribution in [1.82, 2.24) is 0 Å². The third-order valence-corrected chi connectivity index (χ3v) is 5.06. The molecule has 0 fully saturated rings. The zero-order chi connectivity index (χ0) is 13.9. The molecular formula is C17H27OS+. The summed E-state index contributed by atoms with van der Waals surface area (Å²) < 4.78 is 0. The van der Waals surface area contributed by atoms with Crippen LogP contribution in [0.2, 0.25) is 0 Å². The van der Waals surface area contributed by atoms with Crippen molar-refractivity contribution >= 4 is 16.7 Å². The third-order valence-electron chi connectivity index (χ3n) is 3.32. The van der Waals surface area contributed by atoms with E-state index in [1.807, 2.05) is 30.3 Å². The fourth-order valence-corrected chi connectivity index (χ4v) is 3.59. The molecule has 0 aliphatic heterocycles. The van der Waals surface area contributed by atoms with Crippen LogP contribution < -0.4 is 0 Å². The number of carbonyl (C=O) groups excluding carboxylic acids is 1. The Hall–Kier alpha value is -0.760. The highest BCUT2D eigenvalue weighted by atomic mass is 32.2. The number of benzene rings is 1. The molecule has 0 aromatic heterocycles. The van der Waals surface area contributed by atoms with Crippen LogP contribution in [-0.4, -0.2) is 23.5 Å². The average Bonchev–Trinajstić information content (AvgIpc) is 2.43. The van der Waals surface area contributed by atoms with Crippen LogP contribution in [0.1, 0.15) is 55.8 Å². The van der Waals surface area contributed by atoms with Gasteiger partial charge in [-0.1, -0.05) is 62.9 Å². The molecule has 0 radical (unpaired) electrons. The Morgan fingerprint density at radius 2 is 1.63 bits per heavy atom. The maximum atomic E-state index is 12.0. The van der Waals surface area contributed by atoms with Crippen molar-refractivity contribution in [3.63, 3.8) is 0 Å². The topological polar surface area (TPSA) is 17.1 Å². The summed E-state index contributed by atoms with van der Waals surface area (Å²) in [5.74, 6) is 2.24. The molecule has 1 aromatic carbocycles. The van der Waals surface area contributed by atoms with Gasteiger partial charge in [-0.25, -0.2) is 0 Å². The summed E-state index contributed by atoms with van der Waals surface area (Å²) in [5, 5.41) is 0. The Labute approximate surface area is 121 Å². The molecule has 0 spiro atoms. The van der Waals surface area contributed by atoms with E-state index in [4.69, 9.17) is 0 Å². The van der Waals surface area contributed by atoms with Gasteiger partial charge in [-0.2, -0.15) is 0 Å². The lowest BCUT2D eigenvalue weighted by atomic mass is 10.1. The van der Waals surface area contributed by atoms with E-state index < -0.39 is 0 Å². The average molecular weight is 279 g/mol. The molecule has 0 aliphatic rings. The van der Waals surface area contributed by atoms with Gasteiger partial charge in [0.2, 0.25) is 5.78 Å². The van der Waals surface area contributed by atoms with Crippen LogP contribution in [0, 0.1) is 0 Å². The first-order valence-corrected chi connectivity index (χ1v) is 9.38. The highest BCUT2D eigenvalue weighted by Crippen LogP contribution is 2.08. The zero-order valence-electron chi connectivity index (χ0n) is 12.4. The molecule has 1 nitrogen and oxygen atoms in total. The Kier molecular flexibility index (Phi) is 8.64. The molecule has 0 heterocycles. The molecule has 0 amide bonds. The largest absolute Gasteiger partial charge is 0.289 e. The fourth-order valence-electron chi connectivity index (χ4n) is 2.13. The molecule has 0 saturated heterocycles. The maximum Gasteiger partial charge on any atom is 0.211 e. The highest BCUT2D eigenvalue weighted by molar-refractivity contribution is 7.96. The number of Topliss-reactive ketones (excluding diaryl/α,β-unsaturated/α-hetero) is 1. The van der Waals surface area contributed by atoms with E-state index in [0.717, 1.165) is 11.3 Å². The number of carbonyl (C=O) groups is 1. The molecule has 1 atom stereocenters. The van der Waals surface area contributed by atoms with E-state index in [-0.39, 0.29) is 10.9 Å². The molecule has 106 valence electrons. The zero-order valence-corrected chi connectivity index (χ0v) is 13.2. The van der Waals surface area contributed by atoms with Gasteiger partial charge in [0.25, 0.3) is 0 Å². The van der Waals surface area contributed by atoms with Gasteiger partial charge in [-0.05, 0) is 23.7 Å². The molecule has 2 heteroatoms. The van der Waals surface area contributed by atoms with E-state index in [1.165, 1.54) is 44.3 Å². The minimum atomic E-state index is 0.243. The van der Waals surface area contributed by atoms with Crippen LogP contribution in [0.5, 0.6) is 0 Å². The first-order valence-electron chi connectivity index (χ1n) is 7.41. The van der Waals surface area contributed by atoms with Crippen molar-refractivity contribution in [2.75, 3.05) is 17.8 Å². The molecule has 0 aliphatic carbocycles. The van der Waals surface area contributed by atoms with Gasteiger partial charge in [0.1, 0.15) is 5.75 Å². The van der Waals surface area contributed by atoms with Crippen LogP contribution in [-0.2, 0) is 10.9 Å². The van der Waals surface area contributed by atoms with Gasteiger partial charge in [-0.15, -0.1) is 0 Å². The number of unbranched alkanes of at least 4 members (excludes halogenated alkanes) is 5. The lowest BCUT2D eigenvalue weighted by Crippen LogP contribution is -2.18. The van der Waals surface area contributed by atoms with Crippen molar-refractivity contribution in [2.45, 2.75) is 45.4 Å². The monoisotopic (exact) mass is 279 g/mol. The Morgan fingerprint density at radius 3 is 2.32 bits per heavy atom. The van der Waals surface area contributed by atoms with Crippen LogP contribution in [0.15, 0.2) is 30.3 Å². The second-order valence-electron chi connectivity index (χ2n) is 5.19. The van der Waals surface area contributed by atoms with E-state index in [9.17, 15) is 4.79 Å². The second kappa shape index (κ2) is 10.1.